The normalized spacial score (nSPS) is 10.3. The van der Waals surface area contributed by atoms with E-state index in [2.05, 4.69) is 16.4 Å². The standard InChI is InChI=1S/C16H11ClN4/c1-11-2-8-14(9-3-11)21-16(15(10-18)19-20-21)12-4-6-13(17)7-5-12/h2-9H,1H3. The fourth-order valence-electron chi connectivity index (χ4n) is 2.09. The zero-order valence-corrected chi connectivity index (χ0v) is 12.0. The smallest absolute Gasteiger partial charge is 0.191 e. The number of rotatable bonds is 2. The van der Waals surface area contributed by atoms with Gasteiger partial charge in [-0.15, -0.1) is 5.10 Å². The average Bonchev–Trinajstić information content (AvgIpc) is 2.93. The molecule has 0 unspecified atom stereocenters. The highest BCUT2D eigenvalue weighted by Crippen LogP contribution is 2.26. The van der Waals surface area contributed by atoms with E-state index < -0.39 is 0 Å². The second kappa shape index (κ2) is 5.39. The van der Waals surface area contributed by atoms with Crippen LogP contribution in [0.2, 0.25) is 5.02 Å². The van der Waals surface area contributed by atoms with Crippen molar-refractivity contribution in [1.29, 1.82) is 5.26 Å². The first-order valence-electron chi connectivity index (χ1n) is 6.38. The quantitative estimate of drug-likeness (QED) is 0.723. The lowest BCUT2D eigenvalue weighted by atomic mass is 10.1. The Morgan fingerprint density at radius 3 is 2.33 bits per heavy atom. The number of nitriles is 1. The first-order chi connectivity index (χ1) is 10.2. The summed E-state index contributed by atoms with van der Waals surface area (Å²) in [5, 5.41) is 17.9. The average molecular weight is 295 g/mol. The van der Waals surface area contributed by atoms with E-state index in [4.69, 9.17) is 11.6 Å². The lowest BCUT2D eigenvalue weighted by molar-refractivity contribution is 0.806. The summed E-state index contributed by atoms with van der Waals surface area (Å²) in [4.78, 5) is 0. The molecular weight excluding hydrogens is 284 g/mol. The summed E-state index contributed by atoms with van der Waals surface area (Å²) < 4.78 is 1.67. The molecule has 1 aromatic heterocycles. The van der Waals surface area contributed by atoms with Crippen LogP contribution in [0.15, 0.2) is 48.5 Å². The fourth-order valence-corrected chi connectivity index (χ4v) is 2.22. The third-order valence-electron chi connectivity index (χ3n) is 3.17. The predicted molar refractivity (Wildman–Crippen MR) is 81.3 cm³/mol. The Balaban J connectivity index is 2.19. The summed E-state index contributed by atoms with van der Waals surface area (Å²) in [6.07, 6.45) is 0. The topological polar surface area (TPSA) is 54.5 Å². The Labute approximate surface area is 127 Å². The molecule has 0 saturated heterocycles. The maximum atomic E-state index is 9.25. The van der Waals surface area contributed by atoms with Crippen molar-refractivity contribution >= 4 is 11.6 Å². The van der Waals surface area contributed by atoms with Gasteiger partial charge in [-0.3, -0.25) is 0 Å². The summed E-state index contributed by atoms with van der Waals surface area (Å²) in [7, 11) is 0. The van der Waals surface area contributed by atoms with Gasteiger partial charge in [-0.25, -0.2) is 4.68 Å². The summed E-state index contributed by atoms with van der Waals surface area (Å²) in [6.45, 7) is 2.02. The third-order valence-corrected chi connectivity index (χ3v) is 3.42. The van der Waals surface area contributed by atoms with Gasteiger partial charge in [0.1, 0.15) is 11.8 Å². The van der Waals surface area contributed by atoms with Crippen molar-refractivity contribution in [3.05, 3.63) is 64.8 Å². The summed E-state index contributed by atoms with van der Waals surface area (Å²) in [6, 6.07) is 17.2. The highest BCUT2D eigenvalue weighted by molar-refractivity contribution is 6.30. The van der Waals surface area contributed by atoms with Gasteiger partial charge in [0.25, 0.3) is 0 Å². The van der Waals surface area contributed by atoms with Crippen molar-refractivity contribution in [1.82, 2.24) is 15.0 Å². The second-order valence-corrected chi connectivity index (χ2v) is 5.09. The van der Waals surface area contributed by atoms with Gasteiger partial charge in [-0.05, 0) is 31.2 Å². The maximum Gasteiger partial charge on any atom is 0.191 e. The molecule has 0 atom stereocenters. The van der Waals surface area contributed by atoms with Gasteiger partial charge >= 0.3 is 0 Å². The van der Waals surface area contributed by atoms with Crippen molar-refractivity contribution in [2.75, 3.05) is 0 Å². The molecule has 0 fully saturated rings. The summed E-state index contributed by atoms with van der Waals surface area (Å²) >= 11 is 5.92. The van der Waals surface area contributed by atoms with Crippen molar-refractivity contribution < 1.29 is 0 Å². The number of hydrogen-bond acceptors (Lipinski definition) is 3. The number of hydrogen-bond donors (Lipinski definition) is 0. The molecule has 4 nitrogen and oxygen atoms in total. The van der Waals surface area contributed by atoms with Gasteiger partial charge in [0.2, 0.25) is 0 Å². The maximum absolute atomic E-state index is 9.25. The van der Waals surface area contributed by atoms with E-state index in [0.29, 0.717) is 10.7 Å². The molecule has 3 rings (SSSR count). The molecule has 0 aliphatic carbocycles. The lowest BCUT2D eigenvalue weighted by Crippen LogP contribution is -1.99. The van der Waals surface area contributed by atoms with E-state index in [1.165, 1.54) is 0 Å². The van der Waals surface area contributed by atoms with Crippen molar-refractivity contribution in [2.45, 2.75) is 6.92 Å². The van der Waals surface area contributed by atoms with Gasteiger partial charge in [0, 0.05) is 10.6 Å². The van der Waals surface area contributed by atoms with Gasteiger partial charge in [-0.2, -0.15) is 5.26 Å². The van der Waals surface area contributed by atoms with Crippen LogP contribution in [0.25, 0.3) is 16.9 Å². The Hall–Kier alpha value is -2.64. The predicted octanol–water partition coefficient (Wildman–Crippen LogP) is 3.77. The van der Waals surface area contributed by atoms with Crippen LogP contribution in [0.4, 0.5) is 0 Å². The second-order valence-electron chi connectivity index (χ2n) is 4.65. The molecule has 0 spiro atoms. The molecule has 102 valence electrons. The largest absolute Gasteiger partial charge is 0.211 e. The number of aromatic nitrogens is 3. The molecule has 21 heavy (non-hydrogen) atoms. The fraction of sp³-hybridized carbons (Fsp3) is 0.0625. The van der Waals surface area contributed by atoms with Crippen molar-refractivity contribution in [3.63, 3.8) is 0 Å². The molecule has 0 aliphatic heterocycles. The minimum absolute atomic E-state index is 0.290. The van der Waals surface area contributed by atoms with Crippen LogP contribution < -0.4 is 0 Å². The number of aryl methyl sites for hydroxylation is 1. The molecule has 2 aromatic carbocycles. The van der Waals surface area contributed by atoms with Crippen LogP contribution in [0.3, 0.4) is 0 Å². The van der Waals surface area contributed by atoms with Crippen LogP contribution in [0, 0.1) is 18.3 Å². The molecule has 0 aliphatic rings. The molecule has 0 amide bonds. The number of benzene rings is 2. The van der Waals surface area contributed by atoms with Gasteiger partial charge in [0.15, 0.2) is 5.69 Å². The number of nitrogens with zero attached hydrogens (tertiary/aromatic N) is 4. The van der Waals surface area contributed by atoms with Crippen molar-refractivity contribution in [2.24, 2.45) is 0 Å². The van der Waals surface area contributed by atoms with Gasteiger partial charge in [-0.1, -0.05) is 46.6 Å². The minimum Gasteiger partial charge on any atom is -0.211 e. The number of halogens is 1. The molecular formula is C16H11ClN4. The lowest BCUT2D eigenvalue weighted by Gasteiger charge is -2.07. The van der Waals surface area contributed by atoms with Crippen LogP contribution in [-0.4, -0.2) is 15.0 Å². The van der Waals surface area contributed by atoms with E-state index in [-0.39, 0.29) is 5.69 Å². The third kappa shape index (κ3) is 2.51. The zero-order chi connectivity index (χ0) is 14.8. The first kappa shape index (κ1) is 13.3. The van der Waals surface area contributed by atoms with E-state index in [9.17, 15) is 5.26 Å². The monoisotopic (exact) mass is 294 g/mol. The van der Waals surface area contributed by atoms with Crippen LogP contribution in [0.5, 0.6) is 0 Å². The van der Waals surface area contributed by atoms with E-state index in [1.54, 1.807) is 16.8 Å². The minimum atomic E-state index is 0.290. The molecule has 1 heterocycles. The Morgan fingerprint density at radius 2 is 1.71 bits per heavy atom. The highest BCUT2D eigenvalue weighted by Gasteiger charge is 2.15. The molecule has 0 radical (unpaired) electrons. The Morgan fingerprint density at radius 1 is 1.05 bits per heavy atom. The Bertz CT molecular complexity index is 811. The van der Waals surface area contributed by atoms with Crippen LogP contribution in [-0.2, 0) is 0 Å². The summed E-state index contributed by atoms with van der Waals surface area (Å²) in [5.74, 6) is 0. The molecule has 3 aromatic rings. The van der Waals surface area contributed by atoms with Crippen LogP contribution in [0.1, 0.15) is 11.3 Å². The molecule has 0 N–H and O–H groups in total. The van der Waals surface area contributed by atoms with E-state index >= 15 is 0 Å². The molecule has 5 heteroatoms. The SMILES string of the molecule is Cc1ccc(-n2nnc(C#N)c2-c2ccc(Cl)cc2)cc1. The van der Waals surface area contributed by atoms with E-state index in [0.717, 1.165) is 16.8 Å². The zero-order valence-electron chi connectivity index (χ0n) is 11.3. The van der Waals surface area contributed by atoms with Crippen LogP contribution >= 0.6 is 11.6 Å². The highest BCUT2D eigenvalue weighted by atomic mass is 35.5. The van der Waals surface area contributed by atoms with E-state index in [1.807, 2.05) is 43.3 Å². The van der Waals surface area contributed by atoms with Gasteiger partial charge < -0.3 is 0 Å². The Kier molecular flexibility index (Phi) is 3.43. The molecule has 0 saturated carbocycles. The van der Waals surface area contributed by atoms with Gasteiger partial charge in [0.05, 0.1) is 5.69 Å². The van der Waals surface area contributed by atoms with Crippen molar-refractivity contribution in [3.8, 4) is 23.0 Å². The summed E-state index contributed by atoms with van der Waals surface area (Å²) in [5.41, 5.74) is 3.82. The molecule has 0 bridgehead atoms. The first-order valence-corrected chi connectivity index (χ1v) is 6.75.